The number of carboxylic acid groups (broad SMARTS) is 2. The Morgan fingerprint density at radius 3 is 1.38 bits per heavy atom. The predicted octanol–water partition coefficient (Wildman–Crippen LogP) is 3.00. The van der Waals surface area contributed by atoms with E-state index in [1.54, 1.807) is 0 Å². The molecule has 26 heavy (non-hydrogen) atoms. The molecule has 0 aliphatic heterocycles. The van der Waals surface area contributed by atoms with Gasteiger partial charge in [-0.25, -0.2) is 19.2 Å². The van der Waals surface area contributed by atoms with Crippen LogP contribution in [-0.2, 0) is 9.47 Å². The molecular formula is C18H22O8. The zero-order chi connectivity index (χ0) is 19.7. The molecule has 0 amide bonds. The molecule has 0 spiro atoms. The smallest absolute Gasteiger partial charge is 0.339 e. The average Bonchev–Trinajstić information content (AvgIpc) is 2.60. The van der Waals surface area contributed by atoms with Crippen LogP contribution in [0.1, 0.15) is 81.0 Å². The van der Waals surface area contributed by atoms with Gasteiger partial charge in [0.15, 0.2) is 0 Å². The zero-order valence-corrected chi connectivity index (χ0v) is 14.7. The lowest BCUT2D eigenvalue weighted by molar-refractivity contribution is 0.0473. The number of aromatic carboxylic acids is 2. The van der Waals surface area contributed by atoms with Gasteiger partial charge >= 0.3 is 23.9 Å². The topological polar surface area (TPSA) is 127 Å². The normalized spacial score (nSPS) is 10.2. The van der Waals surface area contributed by atoms with Crippen molar-refractivity contribution in [1.29, 1.82) is 0 Å². The molecule has 0 fully saturated rings. The number of hydrogen-bond acceptors (Lipinski definition) is 6. The van der Waals surface area contributed by atoms with E-state index in [0.717, 1.165) is 25.0 Å². The number of esters is 2. The number of carbonyl (C=O) groups is 4. The lowest BCUT2D eigenvalue weighted by Crippen LogP contribution is -2.21. The number of carbonyl (C=O) groups excluding carboxylic acids is 2. The third-order valence-corrected chi connectivity index (χ3v) is 3.53. The average molecular weight is 366 g/mol. The van der Waals surface area contributed by atoms with E-state index in [1.807, 2.05) is 13.8 Å². The molecule has 142 valence electrons. The molecule has 0 aliphatic carbocycles. The Hall–Kier alpha value is -2.90. The molecule has 0 saturated heterocycles. The van der Waals surface area contributed by atoms with E-state index in [1.165, 1.54) is 0 Å². The monoisotopic (exact) mass is 366 g/mol. The van der Waals surface area contributed by atoms with Crippen LogP contribution < -0.4 is 0 Å². The van der Waals surface area contributed by atoms with Gasteiger partial charge in [-0.05, 0) is 25.0 Å². The van der Waals surface area contributed by atoms with Crippen molar-refractivity contribution < 1.29 is 38.9 Å². The minimum absolute atomic E-state index is 0.0810. The summed E-state index contributed by atoms with van der Waals surface area (Å²) >= 11 is 0. The molecule has 0 aliphatic rings. The van der Waals surface area contributed by atoms with E-state index in [-0.39, 0.29) is 13.2 Å². The lowest BCUT2D eigenvalue weighted by Gasteiger charge is -2.13. The zero-order valence-electron chi connectivity index (χ0n) is 14.7. The first-order valence-corrected chi connectivity index (χ1v) is 8.32. The summed E-state index contributed by atoms with van der Waals surface area (Å²) in [6.07, 6.45) is 2.70. The number of hydrogen-bond donors (Lipinski definition) is 2. The second kappa shape index (κ2) is 10.2. The van der Waals surface area contributed by atoms with Gasteiger partial charge in [-0.1, -0.05) is 26.7 Å². The van der Waals surface area contributed by atoms with Crippen LogP contribution in [0.3, 0.4) is 0 Å². The highest BCUT2D eigenvalue weighted by atomic mass is 16.5. The minimum atomic E-state index is -1.65. The van der Waals surface area contributed by atoms with Crippen LogP contribution in [0.25, 0.3) is 0 Å². The summed E-state index contributed by atoms with van der Waals surface area (Å²) in [5.74, 6) is -5.20. The third kappa shape index (κ3) is 5.30. The summed E-state index contributed by atoms with van der Waals surface area (Å²) < 4.78 is 9.92. The van der Waals surface area contributed by atoms with Crippen molar-refractivity contribution in [3.05, 3.63) is 34.4 Å². The fraction of sp³-hybridized carbons (Fsp3) is 0.444. The Morgan fingerprint density at radius 1 is 0.769 bits per heavy atom. The summed E-state index contributed by atoms with van der Waals surface area (Å²) in [7, 11) is 0. The summed E-state index contributed by atoms with van der Waals surface area (Å²) in [5.41, 5.74) is -2.42. The highest BCUT2D eigenvalue weighted by Crippen LogP contribution is 2.22. The summed E-state index contributed by atoms with van der Waals surface area (Å²) in [4.78, 5) is 47.4. The van der Waals surface area contributed by atoms with Gasteiger partial charge in [-0.3, -0.25) is 0 Å². The van der Waals surface area contributed by atoms with Gasteiger partial charge in [0.1, 0.15) is 0 Å². The van der Waals surface area contributed by atoms with Crippen molar-refractivity contribution in [2.75, 3.05) is 13.2 Å². The molecule has 8 heteroatoms. The van der Waals surface area contributed by atoms with E-state index >= 15 is 0 Å². The highest BCUT2D eigenvalue weighted by Gasteiger charge is 2.30. The van der Waals surface area contributed by atoms with E-state index in [0.29, 0.717) is 12.8 Å². The van der Waals surface area contributed by atoms with Crippen molar-refractivity contribution in [2.24, 2.45) is 0 Å². The van der Waals surface area contributed by atoms with Crippen molar-refractivity contribution in [1.82, 2.24) is 0 Å². The Labute approximate surface area is 150 Å². The minimum Gasteiger partial charge on any atom is -0.478 e. The number of rotatable bonds is 10. The largest absolute Gasteiger partial charge is 0.478 e. The number of carboxylic acids is 2. The quantitative estimate of drug-likeness (QED) is 0.478. The van der Waals surface area contributed by atoms with Gasteiger partial charge in [0.05, 0.1) is 35.5 Å². The van der Waals surface area contributed by atoms with Gasteiger partial charge in [0.25, 0.3) is 0 Å². The molecule has 0 radical (unpaired) electrons. The molecule has 1 rings (SSSR count). The second-order valence-corrected chi connectivity index (χ2v) is 5.50. The Balaban J connectivity index is 3.33. The van der Waals surface area contributed by atoms with Crippen molar-refractivity contribution in [3.63, 3.8) is 0 Å². The van der Waals surface area contributed by atoms with Crippen molar-refractivity contribution in [3.8, 4) is 0 Å². The molecule has 0 aromatic heterocycles. The summed E-state index contributed by atoms with van der Waals surface area (Å²) in [5, 5.41) is 18.8. The SMILES string of the molecule is CCCCOC(=O)c1ccc(C(=O)OCCCC)c(C(=O)O)c1C(=O)O. The van der Waals surface area contributed by atoms with Crippen LogP contribution >= 0.6 is 0 Å². The highest BCUT2D eigenvalue weighted by molar-refractivity contribution is 6.14. The number of ether oxygens (including phenoxy) is 2. The van der Waals surface area contributed by atoms with Crippen LogP contribution in [0.2, 0.25) is 0 Å². The van der Waals surface area contributed by atoms with Gasteiger partial charge in [0, 0.05) is 0 Å². The van der Waals surface area contributed by atoms with Crippen LogP contribution in [0.4, 0.5) is 0 Å². The third-order valence-electron chi connectivity index (χ3n) is 3.53. The van der Waals surface area contributed by atoms with Crippen molar-refractivity contribution >= 4 is 23.9 Å². The predicted molar refractivity (Wildman–Crippen MR) is 90.7 cm³/mol. The molecule has 1 aromatic carbocycles. The van der Waals surface area contributed by atoms with Gasteiger partial charge in [-0.15, -0.1) is 0 Å². The molecule has 0 unspecified atom stereocenters. The Kier molecular flexibility index (Phi) is 8.27. The molecular weight excluding hydrogens is 344 g/mol. The van der Waals surface area contributed by atoms with Crippen LogP contribution in [0, 0.1) is 0 Å². The maximum Gasteiger partial charge on any atom is 0.339 e. The van der Waals surface area contributed by atoms with E-state index in [2.05, 4.69) is 0 Å². The van der Waals surface area contributed by atoms with Gasteiger partial charge in [-0.2, -0.15) is 0 Å². The first-order valence-electron chi connectivity index (χ1n) is 8.32. The van der Waals surface area contributed by atoms with Crippen molar-refractivity contribution in [2.45, 2.75) is 39.5 Å². The summed E-state index contributed by atoms with van der Waals surface area (Å²) in [6, 6.07) is 2.14. The van der Waals surface area contributed by atoms with E-state index in [4.69, 9.17) is 9.47 Å². The molecule has 1 aromatic rings. The molecule has 8 nitrogen and oxygen atoms in total. The maximum absolute atomic E-state index is 12.1. The standard InChI is InChI=1S/C18H22O8/c1-3-5-9-25-17(23)11-7-8-12(18(24)26-10-6-4-2)14(16(21)22)13(11)15(19)20/h7-8H,3-6,9-10H2,1-2H3,(H,19,20)(H,21,22). The molecule has 0 heterocycles. The first-order chi connectivity index (χ1) is 12.3. The fourth-order valence-corrected chi connectivity index (χ4v) is 2.16. The maximum atomic E-state index is 12.1. The number of unbranched alkanes of at least 4 members (excludes halogenated alkanes) is 2. The molecule has 0 saturated carbocycles. The lowest BCUT2D eigenvalue weighted by atomic mass is 9.95. The Morgan fingerprint density at radius 2 is 1.12 bits per heavy atom. The van der Waals surface area contributed by atoms with Crippen LogP contribution in [0.5, 0.6) is 0 Å². The molecule has 2 N–H and O–H groups in total. The molecule has 0 atom stereocenters. The van der Waals surface area contributed by atoms with E-state index < -0.39 is 46.1 Å². The summed E-state index contributed by atoms with van der Waals surface area (Å²) in [6.45, 7) is 3.94. The fourth-order valence-electron chi connectivity index (χ4n) is 2.16. The number of benzene rings is 1. The van der Waals surface area contributed by atoms with Crippen LogP contribution in [0.15, 0.2) is 12.1 Å². The van der Waals surface area contributed by atoms with Crippen LogP contribution in [-0.4, -0.2) is 47.3 Å². The molecule has 0 bridgehead atoms. The van der Waals surface area contributed by atoms with Gasteiger partial charge in [0.2, 0.25) is 0 Å². The van der Waals surface area contributed by atoms with Gasteiger partial charge < -0.3 is 19.7 Å². The second-order valence-electron chi connectivity index (χ2n) is 5.50. The van der Waals surface area contributed by atoms with E-state index in [9.17, 15) is 29.4 Å². The first kappa shape index (κ1) is 21.1. The Bertz CT molecular complexity index is 634.